The SMILES string of the molecule is COc1ccc(C(=O)NCCc2ccccc2)cc1CN1CC(=O)N2CCCC2C1=O. The standard InChI is InChI=1S/C24H27N3O4/c1-31-21-10-9-18(23(29)25-12-11-17-6-3-2-4-7-17)14-19(21)15-26-16-22(28)27-13-5-8-20(27)24(26)30/h2-4,6-7,9-10,14,20H,5,8,11-13,15-16H2,1H3,(H,25,29). The van der Waals surface area contributed by atoms with Crippen LogP contribution in [0.2, 0.25) is 0 Å². The van der Waals surface area contributed by atoms with E-state index in [1.807, 2.05) is 30.3 Å². The summed E-state index contributed by atoms with van der Waals surface area (Å²) in [6, 6.07) is 14.8. The van der Waals surface area contributed by atoms with Crippen molar-refractivity contribution in [2.45, 2.75) is 31.8 Å². The lowest BCUT2D eigenvalue weighted by molar-refractivity contribution is -0.154. The molecule has 0 spiro atoms. The number of hydrogen-bond donors (Lipinski definition) is 1. The zero-order valence-electron chi connectivity index (χ0n) is 17.7. The highest BCUT2D eigenvalue weighted by atomic mass is 16.5. The van der Waals surface area contributed by atoms with Gasteiger partial charge in [-0.1, -0.05) is 30.3 Å². The number of piperazine rings is 1. The van der Waals surface area contributed by atoms with Gasteiger partial charge in [-0.25, -0.2) is 0 Å². The summed E-state index contributed by atoms with van der Waals surface area (Å²) in [5.41, 5.74) is 2.38. The molecule has 2 aliphatic rings. The van der Waals surface area contributed by atoms with Crippen LogP contribution in [0, 0.1) is 0 Å². The number of carbonyl (C=O) groups is 3. The van der Waals surface area contributed by atoms with Crippen molar-refractivity contribution in [1.82, 2.24) is 15.1 Å². The molecule has 7 nitrogen and oxygen atoms in total. The summed E-state index contributed by atoms with van der Waals surface area (Å²) < 4.78 is 5.44. The fourth-order valence-electron chi connectivity index (χ4n) is 4.31. The van der Waals surface area contributed by atoms with Gasteiger partial charge in [-0.2, -0.15) is 0 Å². The van der Waals surface area contributed by atoms with Crippen LogP contribution in [0.15, 0.2) is 48.5 Å². The van der Waals surface area contributed by atoms with Crippen LogP contribution < -0.4 is 10.1 Å². The molecular weight excluding hydrogens is 394 g/mol. The summed E-state index contributed by atoms with van der Waals surface area (Å²) in [5.74, 6) is 0.366. The minimum absolute atomic E-state index is 0.0177. The van der Waals surface area contributed by atoms with Crippen molar-refractivity contribution in [2.24, 2.45) is 0 Å². The van der Waals surface area contributed by atoms with Crippen LogP contribution in [-0.4, -0.2) is 60.3 Å². The van der Waals surface area contributed by atoms with Crippen LogP contribution >= 0.6 is 0 Å². The number of carbonyl (C=O) groups excluding carboxylic acids is 3. The topological polar surface area (TPSA) is 79.0 Å². The molecule has 2 fully saturated rings. The van der Waals surface area contributed by atoms with E-state index in [1.165, 1.54) is 0 Å². The molecule has 162 valence electrons. The van der Waals surface area contributed by atoms with Gasteiger partial charge in [0.1, 0.15) is 18.3 Å². The molecule has 4 rings (SSSR count). The molecule has 0 aliphatic carbocycles. The first-order valence-corrected chi connectivity index (χ1v) is 10.6. The molecule has 1 unspecified atom stereocenters. The third kappa shape index (κ3) is 4.55. The minimum Gasteiger partial charge on any atom is -0.496 e. The second-order valence-corrected chi connectivity index (χ2v) is 7.96. The summed E-state index contributed by atoms with van der Waals surface area (Å²) in [5, 5.41) is 2.94. The quantitative estimate of drug-likeness (QED) is 0.742. The number of ether oxygens (including phenoxy) is 1. The maximum Gasteiger partial charge on any atom is 0.251 e. The second-order valence-electron chi connectivity index (χ2n) is 7.96. The van der Waals surface area contributed by atoms with E-state index in [2.05, 4.69) is 5.32 Å². The Labute approximate surface area is 182 Å². The fourth-order valence-corrected chi connectivity index (χ4v) is 4.31. The van der Waals surface area contributed by atoms with Crippen molar-refractivity contribution < 1.29 is 19.1 Å². The summed E-state index contributed by atoms with van der Waals surface area (Å²) >= 11 is 0. The third-order valence-electron chi connectivity index (χ3n) is 5.94. The van der Waals surface area contributed by atoms with Gasteiger partial charge < -0.3 is 19.9 Å². The Kier molecular flexibility index (Phi) is 6.21. The molecule has 0 saturated carbocycles. The molecule has 7 heteroatoms. The Morgan fingerprint density at radius 3 is 2.74 bits per heavy atom. The smallest absolute Gasteiger partial charge is 0.251 e. The Morgan fingerprint density at radius 2 is 1.97 bits per heavy atom. The largest absolute Gasteiger partial charge is 0.496 e. The molecule has 31 heavy (non-hydrogen) atoms. The highest BCUT2D eigenvalue weighted by Crippen LogP contribution is 2.27. The second kappa shape index (κ2) is 9.20. The Balaban J connectivity index is 1.44. The maximum atomic E-state index is 12.9. The van der Waals surface area contributed by atoms with Crippen molar-refractivity contribution in [3.8, 4) is 5.75 Å². The molecule has 2 aromatic carbocycles. The van der Waals surface area contributed by atoms with Gasteiger partial charge in [0, 0.05) is 30.8 Å². The molecule has 2 heterocycles. The van der Waals surface area contributed by atoms with E-state index in [-0.39, 0.29) is 36.9 Å². The van der Waals surface area contributed by atoms with Gasteiger partial charge in [0.25, 0.3) is 5.91 Å². The van der Waals surface area contributed by atoms with Crippen LogP contribution in [0.3, 0.4) is 0 Å². The predicted octanol–water partition coefficient (Wildman–Crippen LogP) is 2.00. The zero-order chi connectivity index (χ0) is 21.8. The lowest BCUT2D eigenvalue weighted by Gasteiger charge is -2.36. The summed E-state index contributed by atoms with van der Waals surface area (Å²) in [7, 11) is 1.56. The van der Waals surface area contributed by atoms with E-state index in [9.17, 15) is 14.4 Å². The van der Waals surface area contributed by atoms with Gasteiger partial charge in [0.05, 0.1) is 7.11 Å². The first kappa shape index (κ1) is 20.9. The first-order valence-electron chi connectivity index (χ1n) is 10.6. The summed E-state index contributed by atoms with van der Waals surface area (Å²) in [4.78, 5) is 41.2. The van der Waals surface area contributed by atoms with Crippen LogP contribution in [0.4, 0.5) is 0 Å². The highest BCUT2D eigenvalue weighted by molar-refractivity contribution is 5.96. The van der Waals surface area contributed by atoms with Gasteiger partial charge in [-0.3, -0.25) is 14.4 Å². The van der Waals surface area contributed by atoms with Crippen LogP contribution in [0.5, 0.6) is 5.75 Å². The van der Waals surface area contributed by atoms with Crippen molar-refractivity contribution in [3.05, 3.63) is 65.2 Å². The van der Waals surface area contributed by atoms with Crippen molar-refractivity contribution in [2.75, 3.05) is 26.7 Å². The monoisotopic (exact) mass is 421 g/mol. The van der Waals surface area contributed by atoms with Crippen molar-refractivity contribution >= 4 is 17.7 Å². The van der Waals surface area contributed by atoms with E-state index in [1.54, 1.807) is 35.1 Å². The van der Waals surface area contributed by atoms with E-state index in [0.717, 1.165) is 18.4 Å². The van der Waals surface area contributed by atoms with Gasteiger partial charge in [-0.15, -0.1) is 0 Å². The number of benzene rings is 2. The molecule has 0 bridgehead atoms. The normalized spacial score (nSPS) is 18.2. The average Bonchev–Trinajstić information content (AvgIpc) is 3.29. The van der Waals surface area contributed by atoms with E-state index < -0.39 is 0 Å². The van der Waals surface area contributed by atoms with E-state index >= 15 is 0 Å². The number of fused-ring (bicyclic) bond motifs is 1. The van der Waals surface area contributed by atoms with Gasteiger partial charge in [0.2, 0.25) is 11.8 Å². The van der Waals surface area contributed by atoms with Gasteiger partial charge in [0.15, 0.2) is 0 Å². The van der Waals surface area contributed by atoms with Crippen LogP contribution in [0.25, 0.3) is 0 Å². The molecule has 3 amide bonds. The van der Waals surface area contributed by atoms with Gasteiger partial charge >= 0.3 is 0 Å². The van der Waals surface area contributed by atoms with Crippen LogP contribution in [-0.2, 0) is 22.6 Å². The minimum atomic E-state index is -0.350. The lowest BCUT2D eigenvalue weighted by Crippen LogP contribution is -2.56. The van der Waals surface area contributed by atoms with Crippen molar-refractivity contribution in [1.29, 1.82) is 0 Å². The van der Waals surface area contributed by atoms with E-state index in [0.29, 0.717) is 36.4 Å². The third-order valence-corrected chi connectivity index (χ3v) is 5.94. The van der Waals surface area contributed by atoms with Gasteiger partial charge in [-0.05, 0) is 43.0 Å². The molecule has 2 aliphatic heterocycles. The number of nitrogens with zero attached hydrogens (tertiary/aromatic N) is 2. The molecule has 1 atom stereocenters. The number of rotatable bonds is 7. The molecule has 2 aromatic rings. The Bertz CT molecular complexity index is 976. The number of hydrogen-bond acceptors (Lipinski definition) is 4. The predicted molar refractivity (Wildman–Crippen MR) is 116 cm³/mol. The maximum absolute atomic E-state index is 12.9. The zero-order valence-corrected chi connectivity index (χ0v) is 17.7. The van der Waals surface area contributed by atoms with Crippen molar-refractivity contribution in [3.63, 3.8) is 0 Å². The highest BCUT2D eigenvalue weighted by Gasteiger charge is 2.41. The fraction of sp³-hybridized carbons (Fsp3) is 0.375. The molecule has 0 radical (unpaired) electrons. The number of nitrogens with one attached hydrogen (secondary N) is 1. The molecule has 0 aromatic heterocycles. The van der Waals surface area contributed by atoms with E-state index in [4.69, 9.17) is 4.74 Å². The summed E-state index contributed by atoms with van der Waals surface area (Å²) in [6.07, 6.45) is 2.32. The average molecular weight is 421 g/mol. The van der Waals surface area contributed by atoms with Crippen LogP contribution in [0.1, 0.15) is 34.3 Å². The lowest BCUT2D eigenvalue weighted by atomic mass is 10.1. The summed E-state index contributed by atoms with van der Waals surface area (Å²) in [6.45, 7) is 1.49. The number of methoxy groups -OCH3 is 1. The molecule has 1 N–H and O–H groups in total. The molecule has 2 saturated heterocycles. The Morgan fingerprint density at radius 1 is 1.16 bits per heavy atom. The first-order chi connectivity index (χ1) is 15.1. The number of amides is 3. The Hall–Kier alpha value is -3.35. The molecular formula is C24H27N3O4.